The normalized spacial score (nSPS) is 11.2. The third kappa shape index (κ3) is 4.15. The summed E-state index contributed by atoms with van der Waals surface area (Å²) < 4.78 is 27.4. The van der Waals surface area contributed by atoms with E-state index in [0.717, 1.165) is 12.1 Å². The molecule has 1 aromatic heterocycles. The van der Waals surface area contributed by atoms with Crippen molar-refractivity contribution in [2.45, 2.75) is 18.2 Å². The summed E-state index contributed by atoms with van der Waals surface area (Å²) in [7, 11) is -3.77. The largest absolute Gasteiger partial charge is 0.340 e. The monoisotopic (exact) mass is 387 g/mol. The van der Waals surface area contributed by atoms with Gasteiger partial charge in [-0.15, -0.1) is 0 Å². The number of hydrogen-bond donors (Lipinski definition) is 2. The summed E-state index contributed by atoms with van der Waals surface area (Å²) in [4.78, 5) is 4.31. The van der Waals surface area contributed by atoms with Gasteiger partial charge in [-0.2, -0.15) is 0 Å². The van der Waals surface area contributed by atoms with Crippen molar-refractivity contribution in [1.29, 1.82) is 0 Å². The van der Waals surface area contributed by atoms with Crippen molar-refractivity contribution < 1.29 is 8.42 Å². The van der Waals surface area contributed by atoms with Crippen LogP contribution in [-0.4, -0.2) is 13.4 Å². The summed E-state index contributed by atoms with van der Waals surface area (Å²) >= 11 is 5.97. The number of anilines is 3. The molecular weight excluding hydrogens is 370 g/mol. The van der Waals surface area contributed by atoms with Gasteiger partial charge in [0.25, 0.3) is 10.0 Å². The zero-order chi connectivity index (χ0) is 18.6. The van der Waals surface area contributed by atoms with Crippen LogP contribution >= 0.6 is 11.6 Å². The highest BCUT2D eigenvalue weighted by molar-refractivity contribution is 7.92. The van der Waals surface area contributed by atoms with Gasteiger partial charge < -0.3 is 5.32 Å². The number of aryl methyl sites for hydroxylation is 1. The maximum Gasteiger partial charge on any atom is 0.263 e. The predicted molar refractivity (Wildman–Crippen MR) is 106 cm³/mol. The number of halogens is 1. The minimum absolute atomic E-state index is 0.0285. The molecule has 0 unspecified atom stereocenters. The smallest absolute Gasteiger partial charge is 0.263 e. The van der Waals surface area contributed by atoms with E-state index >= 15 is 0 Å². The SMILES string of the molecule is CCc1ccccc1Nc1ccc(NS(=O)(=O)c2ccccc2Cl)cn1. The second-order valence-electron chi connectivity index (χ2n) is 5.60. The predicted octanol–water partition coefficient (Wildman–Crippen LogP) is 4.84. The van der Waals surface area contributed by atoms with Gasteiger partial charge in [-0.05, 0) is 42.3 Å². The summed E-state index contributed by atoms with van der Waals surface area (Å²) in [6, 6.07) is 17.6. The fourth-order valence-electron chi connectivity index (χ4n) is 2.49. The molecule has 7 heteroatoms. The Kier molecular flexibility index (Phi) is 5.44. The van der Waals surface area contributed by atoms with Crippen LogP contribution in [-0.2, 0) is 16.4 Å². The van der Waals surface area contributed by atoms with E-state index in [1.54, 1.807) is 24.3 Å². The number of benzene rings is 2. The van der Waals surface area contributed by atoms with E-state index in [0.29, 0.717) is 11.5 Å². The number of rotatable bonds is 6. The molecule has 0 amide bonds. The third-order valence-corrected chi connectivity index (χ3v) is 5.68. The summed E-state index contributed by atoms with van der Waals surface area (Å²) in [6.45, 7) is 2.08. The number of para-hydroxylation sites is 1. The van der Waals surface area contributed by atoms with E-state index in [4.69, 9.17) is 11.6 Å². The van der Waals surface area contributed by atoms with Crippen LogP contribution in [0, 0.1) is 0 Å². The van der Waals surface area contributed by atoms with Gasteiger partial charge in [0.05, 0.1) is 16.9 Å². The third-order valence-electron chi connectivity index (χ3n) is 3.80. The molecule has 0 aliphatic heterocycles. The number of pyridine rings is 1. The summed E-state index contributed by atoms with van der Waals surface area (Å²) in [5.41, 5.74) is 2.52. The molecule has 1 heterocycles. The Hall–Kier alpha value is -2.57. The van der Waals surface area contributed by atoms with E-state index in [1.165, 1.54) is 23.9 Å². The van der Waals surface area contributed by atoms with Gasteiger partial charge in [-0.3, -0.25) is 4.72 Å². The maximum absolute atomic E-state index is 12.4. The van der Waals surface area contributed by atoms with Gasteiger partial charge in [-0.1, -0.05) is 48.9 Å². The van der Waals surface area contributed by atoms with Crippen molar-refractivity contribution in [2.75, 3.05) is 10.0 Å². The second kappa shape index (κ2) is 7.76. The minimum atomic E-state index is -3.77. The minimum Gasteiger partial charge on any atom is -0.340 e. The molecule has 26 heavy (non-hydrogen) atoms. The van der Waals surface area contributed by atoms with Crippen molar-refractivity contribution in [3.63, 3.8) is 0 Å². The van der Waals surface area contributed by atoms with Crippen LogP contribution in [0.2, 0.25) is 5.02 Å². The molecule has 0 aliphatic rings. The molecule has 0 saturated carbocycles. The van der Waals surface area contributed by atoms with Gasteiger partial charge in [0.2, 0.25) is 0 Å². The lowest BCUT2D eigenvalue weighted by molar-refractivity contribution is 0.601. The molecule has 0 radical (unpaired) electrons. The fourth-order valence-corrected chi connectivity index (χ4v) is 4.05. The van der Waals surface area contributed by atoms with E-state index in [9.17, 15) is 8.42 Å². The van der Waals surface area contributed by atoms with Crippen LogP contribution in [0.3, 0.4) is 0 Å². The van der Waals surface area contributed by atoms with Crippen molar-refractivity contribution in [3.05, 3.63) is 77.4 Å². The first kappa shape index (κ1) is 18.2. The Bertz CT molecular complexity index is 1010. The van der Waals surface area contributed by atoms with E-state index in [-0.39, 0.29) is 9.92 Å². The summed E-state index contributed by atoms with van der Waals surface area (Å²) in [5.74, 6) is 0.631. The van der Waals surface area contributed by atoms with Crippen molar-refractivity contribution in [2.24, 2.45) is 0 Å². The first-order valence-corrected chi connectivity index (χ1v) is 9.94. The highest BCUT2D eigenvalue weighted by atomic mass is 35.5. The van der Waals surface area contributed by atoms with Gasteiger partial charge >= 0.3 is 0 Å². The first-order valence-electron chi connectivity index (χ1n) is 8.08. The van der Waals surface area contributed by atoms with Crippen molar-refractivity contribution in [1.82, 2.24) is 4.98 Å². The van der Waals surface area contributed by atoms with Gasteiger partial charge in [0.1, 0.15) is 10.7 Å². The number of sulfonamides is 1. The fraction of sp³-hybridized carbons (Fsp3) is 0.105. The lowest BCUT2D eigenvalue weighted by atomic mass is 10.1. The molecular formula is C19H18ClN3O2S. The average Bonchev–Trinajstić information content (AvgIpc) is 2.64. The highest BCUT2D eigenvalue weighted by Crippen LogP contribution is 2.24. The van der Waals surface area contributed by atoms with E-state index in [2.05, 4.69) is 28.0 Å². The standard InChI is InChI=1S/C19H18ClN3O2S/c1-2-14-7-3-5-9-17(14)22-19-12-11-15(13-21-19)23-26(24,25)18-10-6-4-8-16(18)20/h3-13,23H,2H2,1H3,(H,21,22). The highest BCUT2D eigenvalue weighted by Gasteiger charge is 2.17. The molecule has 2 aromatic carbocycles. The summed E-state index contributed by atoms with van der Waals surface area (Å²) in [5, 5.41) is 3.41. The van der Waals surface area contributed by atoms with Crippen LogP contribution in [0.15, 0.2) is 71.8 Å². The molecule has 0 saturated heterocycles. The van der Waals surface area contributed by atoms with Crippen LogP contribution in [0.4, 0.5) is 17.2 Å². The zero-order valence-corrected chi connectivity index (χ0v) is 15.7. The number of aromatic nitrogens is 1. The van der Waals surface area contributed by atoms with Crippen molar-refractivity contribution in [3.8, 4) is 0 Å². The quantitative estimate of drug-likeness (QED) is 0.634. The lowest BCUT2D eigenvalue weighted by Crippen LogP contribution is -2.13. The van der Waals surface area contributed by atoms with Gasteiger partial charge in [0.15, 0.2) is 0 Å². The Morgan fingerprint density at radius 1 is 1.00 bits per heavy atom. The number of hydrogen-bond acceptors (Lipinski definition) is 4. The molecule has 3 rings (SSSR count). The topological polar surface area (TPSA) is 71.1 Å². The number of nitrogens with zero attached hydrogens (tertiary/aromatic N) is 1. The molecule has 0 bridgehead atoms. The van der Waals surface area contributed by atoms with E-state index in [1.807, 2.05) is 18.2 Å². The molecule has 2 N–H and O–H groups in total. The van der Waals surface area contributed by atoms with Crippen LogP contribution in [0.5, 0.6) is 0 Å². The molecule has 0 fully saturated rings. The molecule has 0 atom stereocenters. The van der Waals surface area contributed by atoms with Crippen LogP contribution in [0.1, 0.15) is 12.5 Å². The zero-order valence-electron chi connectivity index (χ0n) is 14.1. The summed E-state index contributed by atoms with van der Waals surface area (Å²) in [6.07, 6.45) is 2.37. The molecule has 0 aliphatic carbocycles. The molecule has 0 spiro atoms. The second-order valence-corrected chi connectivity index (χ2v) is 7.66. The van der Waals surface area contributed by atoms with E-state index < -0.39 is 10.0 Å². The lowest BCUT2D eigenvalue weighted by Gasteiger charge is -2.12. The average molecular weight is 388 g/mol. The first-order chi connectivity index (χ1) is 12.5. The van der Waals surface area contributed by atoms with Crippen LogP contribution in [0.25, 0.3) is 0 Å². The van der Waals surface area contributed by atoms with Gasteiger partial charge in [-0.25, -0.2) is 13.4 Å². The number of nitrogens with one attached hydrogen (secondary N) is 2. The molecule has 3 aromatic rings. The van der Waals surface area contributed by atoms with Crippen LogP contribution < -0.4 is 10.0 Å². The Labute approximate surface area is 158 Å². The van der Waals surface area contributed by atoms with Crippen molar-refractivity contribution >= 4 is 38.8 Å². The Balaban J connectivity index is 1.77. The Morgan fingerprint density at radius 2 is 1.73 bits per heavy atom. The molecule has 5 nitrogen and oxygen atoms in total. The Morgan fingerprint density at radius 3 is 2.42 bits per heavy atom. The van der Waals surface area contributed by atoms with Gasteiger partial charge in [0, 0.05) is 5.69 Å². The maximum atomic E-state index is 12.4. The molecule has 134 valence electrons.